The van der Waals surface area contributed by atoms with Crippen molar-refractivity contribution in [1.29, 1.82) is 0 Å². The van der Waals surface area contributed by atoms with Crippen LogP contribution in [0.25, 0.3) is 0 Å². The number of aromatic nitrogens is 2. The van der Waals surface area contributed by atoms with Crippen LogP contribution in [0.3, 0.4) is 0 Å². The first-order chi connectivity index (χ1) is 9.15. The normalized spacial score (nSPS) is 10.5. The summed E-state index contributed by atoms with van der Waals surface area (Å²) in [5.41, 5.74) is 0.681. The summed E-state index contributed by atoms with van der Waals surface area (Å²) in [6.45, 7) is 4.26. The minimum Gasteiger partial charge on any atom is -0.491 e. The smallest absolute Gasteiger partial charge is 0.227 e. The lowest BCUT2D eigenvalue weighted by atomic mass is 10.1. The molecule has 1 aromatic carbocycles. The van der Waals surface area contributed by atoms with Gasteiger partial charge in [-0.2, -0.15) is 4.57 Å². The van der Waals surface area contributed by atoms with Gasteiger partial charge in [0.25, 0.3) is 0 Å². The standard InChI is InChI=1S/C15H17N2O2/c1-12(2)19-14-5-3-13(4-6-14)15(18)11-17-9-7-16-8-10-17/h3-10,12H,11H2,1-2H3/q+1. The van der Waals surface area contributed by atoms with Crippen LogP contribution in [0, 0.1) is 0 Å². The van der Waals surface area contributed by atoms with Gasteiger partial charge in [0.2, 0.25) is 12.3 Å². The van der Waals surface area contributed by atoms with Crippen molar-refractivity contribution in [2.24, 2.45) is 0 Å². The van der Waals surface area contributed by atoms with Gasteiger partial charge in [0, 0.05) is 5.56 Å². The number of hydrogen-bond acceptors (Lipinski definition) is 3. The largest absolute Gasteiger partial charge is 0.491 e. The Morgan fingerprint density at radius 3 is 2.42 bits per heavy atom. The minimum atomic E-state index is 0.0623. The number of rotatable bonds is 5. The molecule has 0 aliphatic rings. The molecule has 0 fully saturated rings. The van der Waals surface area contributed by atoms with Crippen molar-refractivity contribution in [3.63, 3.8) is 0 Å². The van der Waals surface area contributed by atoms with E-state index in [-0.39, 0.29) is 11.9 Å². The van der Waals surface area contributed by atoms with Crippen molar-refractivity contribution < 1.29 is 14.1 Å². The topological polar surface area (TPSA) is 43.1 Å². The highest BCUT2D eigenvalue weighted by Crippen LogP contribution is 2.14. The molecule has 19 heavy (non-hydrogen) atoms. The molecule has 98 valence electrons. The van der Waals surface area contributed by atoms with E-state index in [1.54, 1.807) is 41.5 Å². The van der Waals surface area contributed by atoms with Crippen LogP contribution in [-0.4, -0.2) is 16.9 Å². The highest BCUT2D eigenvalue weighted by atomic mass is 16.5. The fourth-order valence-electron chi connectivity index (χ4n) is 1.70. The summed E-state index contributed by atoms with van der Waals surface area (Å²) in [7, 11) is 0. The number of carbonyl (C=O) groups excluding carboxylic acids is 1. The molecule has 0 saturated carbocycles. The Morgan fingerprint density at radius 2 is 1.84 bits per heavy atom. The molecule has 1 aromatic heterocycles. The van der Waals surface area contributed by atoms with Crippen molar-refractivity contribution in [1.82, 2.24) is 4.98 Å². The molecule has 0 atom stereocenters. The third-order valence-electron chi connectivity index (χ3n) is 2.56. The third kappa shape index (κ3) is 3.88. The van der Waals surface area contributed by atoms with Gasteiger partial charge >= 0.3 is 0 Å². The minimum absolute atomic E-state index is 0.0623. The molecule has 1 heterocycles. The predicted molar refractivity (Wildman–Crippen MR) is 71.0 cm³/mol. The second-order valence-corrected chi connectivity index (χ2v) is 4.53. The first-order valence-corrected chi connectivity index (χ1v) is 6.24. The van der Waals surface area contributed by atoms with E-state index in [9.17, 15) is 4.79 Å². The van der Waals surface area contributed by atoms with Crippen molar-refractivity contribution in [3.05, 3.63) is 54.6 Å². The summed E-state index contributed by atoms with van der Waals surface area (Å²) in [5.74, 6) is 0.843. The number of ether oxygens (including phenoxy) is 1. The fraction of sp³-hybridized carbons (Fsp3) is 0.267. The highest BCUT2D eigenvalue weighted by molar-refractivity contribution is 5.95. The number of ketones is 1. The Balaban J connectivity index is 2.04. The fourth-order valence-corrected chi connectivity index (χ4v) is 1.70. The molecule has 0 bridgehead atoms. The number of Topliss-reactive ketones (excluding diaryl/α,β-unsaturated/α-hetero) is 1. The average molecular weight is 257 g/mol. The zero-order chi connectivity index (χ0) is 13.7. The molecule has 0 amide bonds. The number of nitrogens with zero attached hydrogens (tertiary/aromatic N) is 2. The van der Waals surface area contributed by atoms with E-state index in [2.05, 4.69) is 4.98 Å². The lowest BCUT2D eigenvalue weighted by Crippen LogP contribution is -2.37. The molecule has 4 nitrogen and oxygen atoms in total. The highest BCUT2D eigenvalue weighted by Gasteiger charge is 2.11. The van der Waals surface area contributed by atoms with Gasteiger partial charge in [-0.1, -0.05) is 0 Å². The second-order valence-electron chi connectivity index (χ2n) is 4.53. The molecule has 0 aliphatic carbocycles. The van der Waals surface area contributed by atoms with Gasteiger partial charge in [-0.3, -0.25) is 9.78 Å². The van der Waals surface area contributed by atoms with Gasteiger partial charge in [0.05, 0.1) is 18.5 Å². The van der Waals surface area contributed by atoms with E-state index >= 15 is 0 Å². The maximum atomic E-state index is 12.1. The number of benzene rings is 1. The van der Waals surface area contributed by atoms with E-state index in [1.165, 1.54) is 0 Å². The molecular formula is C15H17N2O2+. The first kappa shape index (κ1) is 13.2. The van der Waals surface area contributed by atoms with Crippen molar-refractivity contribution in [2.45, 2.75) is 26.5 Å². The molecule has 0 radical (unpaired) electrons. The Morgan fingerprint density at radius 1 is 1.21 bits per heavy atom. The molecule has 2 aromatic rings. The van der Waals surface area contributed by atoms with Crippen LogP contribution >= 0.6 is 0 Å². The van der Waals surface area contributed by atoms with Crippen molar-refractivity contribution in [3.8, 4) is 5.75 Å². The van der Waals surface area contributed by atoms with Gasteiger partial charge in [0.1, 0.15) is 5.75 Å². The molecule has 2 rings (SSSR count). The Bertz CT molecular complexity index is 536. The Kier molecular flexibility index (Phi) is 4.23. The molecule has 0 N–H and O–H groups in total. The van der Waals surface area contributed by atoms with E-state index in [0.29, 0.717) is 12.1 Å². The summed E-state index contributed by atoms with van der Waals surface area (Å²) >= 11 is 0. The molecule has 0 saturated heterocycles. The average Bonchev–Trinajstić information content (AvgIpc) is 2.40. The lowest BCUT2D eigenvalue weighted by molar-refractivity contribution is -0.683. The monoisotopic (exact) mass is 257 g/mol. The number of hydrogen-bond donors (Lipinski definition) is 0. The number of carbonyl (C=O) groups is 1. The maximum absolute atomic E-state index is 12.1. The van der Waals surface area contributed by atoms with E-state index in [4.69, 9.17) is 4.74 Å². The van der Waals surface area contributed by atoms with Crippen LogP contribution in [0.4, 0.5) is 0 Å². The summed E-state index contributed by atoms with van der Waals surface area (Å²) in [6, 6.07) is 7.23. The second kappa shape index (κ2) is 6.09. The molecule has 0 unspecified atom stereocenters. The van der Waals surface area contributed by atoms with Gasteiger partial charge in [-0.15, -0.1) is 0 Å². The zero-order valence-electron chi connectivity index (χ0n) is 11.1. The van der Waals surface area contributed by atoms with Crippen LogP contribution in [0.5, 0.6) is 5.75 Å². The van der Waals surface area contributed by atoms with Crippen molar-refractivity contribution in [2.75, 3.05) is 0 Å². The molecular weight excluding hydrogens is 240 g/mol. The quantitative estimate of drug-likeness (QED) is 0.608. The van der Waals surface area contributed by atoms with Gasteiger partial charge in [-0.05, 0) is 38.1 Å². The van der Waals surface area contributed by atoms with Crippen LogP contribution in [0.15, 0.2) is 49.1 Å². The summed E-state index contributed by atoms with van der Waals surface area (Å²) in [5, 5.41) is 0. The van der Waals surface area contributed by atoms with Crippen LogP contribution < -0.4 is 9.30 Å². The van der Waals surface area contributed by atoms with Gasteiger partial charge < -0.3 is 4.74 Å². The van der Waals surface area contributed by atoms with Crippen LogP contribution in [-0.2, 0) is 6.54 Å². The summed E-state index contributed by atoms with van der Waals surface area (Å²) in [6.07, 6.45) is 7.00. The van der Waals surface area contributed by atoms with Crippen molar-refractivity contribution >= 4 is 5.78 Å². The summed E-state index contributed by atoms with van der Waals surface area (Å²) in [4.78, 5) is 16.0. The third-order valence-corrected chi connectivity index (χ3v) is 2.56. The van der Waals surface area contributed by atoms with E-state index < -0.39 is 0 Å². The SMILES string of the molecule is CC(C)Oc1ccc(C(=O)C[n+]2ccncc2)cc1. The Labute approximate surface area is 112 Å². The van der Waals surface area contributed by atoms with Gasteiger partial charge in [-0.25, -0.2) is 0 Å². The maximum Gasteiger partial charge on any atom is 0.227 e. The molecule has 4 heteroatoms. The van der Waals surface area contributed by atoms with E-state index in [1.807, 2.05) is 26.0 Å². The Hall–Kier alpha value is -2.23. The summed E-state index contributed by atoms with van der Waals surface area (Å²) < 4.78 is 7.34. The van der Waals surface area contributed by atoms with Crippen LogP contribution in [0.2, 0.25) is 0 Å². The molecule has 0 spiro atoms. The zero-order valence-corrected chi connectivity index (χ0v) is 11.1. The lowest BCUT2D eigenvalue weighted by Gasteiger charge is -2.09. The van der Waals surface area contributed by atoms with Crippen LogP contribution in [0.1, 0.15) is 24.2 Å². The predicted octanol–water partition coefficient (Wildman–Crippen LogP) is 2.04. The van der Waals surface area contributed by atoms with Gasteiger partial charge in [0.15, 0.2) is 12.4 Å². The van der Waals surface area contributed by atoms with E-state index in [0.717, 1.165) is 5.75 Å². The molecule has 0 aliphatic heterocycles. The first-order valence-electron chi connectivity index (χ1n) is 6.24.